The molecule has 27 heavy (non-hydrogen) atoms. The number of hydrogen-bond donors (Lipinski definition) is 0. The highest BCUT2D eigenvalue weighted by Gasteiger charge is 2.23. The Morgan fingerprint density at radius 2 is 1.78 bits per heavy atom. The SMILES string of the molecule is CN(C)CC/C=C1/c2ccccc2COc2ccc(S(=O)(=O)N(C)C)cc21. The highest BCUT2D eigenvalue weighted by atomic mass is 32.2. The molecule has 0 amide bonds. The third-order valence-corrected chi connectivity index (χ3v) is 6.45. The van der Waals surface area contributed by atoms with Crippen molar-refractivity contribution in [2.24, 2.45) is 0 Å². The van der Waals surface area contributed by atoms with E-state index in [9.17, 15) is 8.42 Å². The van der Waals surface area contributed by atoms with E-state index in [-0.39, 0.29) is 4.90 Å². The Labute approximate surface area is 161 Å². The second-order valence-corrected chi connectivity index (χ2v) is 9.25. The van der Waals surface area contributed by atoms with E-state index >= 15 is 0 Å². The summed E-state index contributed by atoms with van der Waals surface area (Å²) in [6.45, 7) is 1.38. The topological polar surface area (TPSA) is 49.9 Å². The van der Waals surface area contributed by atoms with E-state index in [4.69, 9.17) is 4.74 Å². The van der Waals surface area contributed by atoms with Crippen LogP contribution in [0.5, 0.6) is 5.75 Å². The molecule has 0 bridgehead atoms. The van der Waals surface area contributed by atoms with Crippen LogP contribution in [0.2, 0.25) is 0 Å². The van der Waals surface area contributed by atoms with Crippen molar-refractivity contribution in [2.45, 2.75) is 17.9 Å². The van der Waals surface area contributed by atoms with Crippen LogP contribution in [0.3, 0.4) is 0 Å². The van der Waals surface area contributed by atoms with E-state index in [2.05, 4.69) is 23.1 Å². The summed E-state index contributed by atoms with van der Waals surface area (Å²) >= 11 is 0. The van der Waals surface area contributed by atoms with Gasteiger partial charge < -0.3 is 9.64 Å². The number of sulfonamides is 1. The van der Waals surface area contributed by atoms with Gasteiger partial charge in [0.05, 0.1) is 4.90 Å². The largest absolute Gasteiger partial charge is 0.488 e. The molecular weight excluding hydrogens is 360 g/mol. The molecule has 0 spiro atoms. The summed E-state index contributed by atoms with van der Waals surface area (Å²) in [5.41, 5.74) is 4.04. The molecule has 0 radical (unpaired) electrons. The van der Waals surface area contributed by atoms with Gasteiger partial charge >= 0.3 is 0 Å². The highest BCUT2D eigenvalue weighted by Crippen LogP contribution is 2.38. The van der Waals surface area contributed by atoms with Crippen molar-refractivity contribution >= 4 is 15.6 Å². The lowest BCUT2D eigenvalue weighted by molar-refractivity contribution is 0.307. The van der Waals surface area contributed by atoms with Gasteiger partial charge in [-0.1, -0.05) is 30.3 Å². The molecule has 6 heteroatoms. The van der Waals surface area contributed by atoms with Gasteiger partial charge in [0, 0.05) is 26.2 Å². The minimum Gasteiger partial charge on any atom is -0.488 e. The predicted octanol–water partition coefficient (Wildman–Crippen LogP) is 3.21. The molecule has 0 saturated heterocycles. The van der Waals surface area contributed by atoms with Crippen molar-refractivity contribution < 1.29 is 13.2 Å². The van der Waals surface area contributed by atoms with Crippen LogP contribution in [0.15, 0.2) is 53.4 Å². The maximum absolute atomic E-state index is 12.6. The van der Waals surface area contributed by atoms with Crippen LogP contribution < -0.4 is 4.74 Å². The first-order chi connectivity index (χ1) is 12.8. The zero-order chi connectivity index (χ0) is 19.6. The molecule has 0 unspecified atom stereocenters. The van der Waals surface area contributed by atoms with Gasteiger partial charge in [-0.2, -0.15) is 0 Å². The Hall–Kier alpha value is -2.15. The van der Waals surface area contributed by atoms with Crippen LogP contribution >= 0.6 is 0 Å². The summed E-state index contributed by atoms with van der Waals surface area (Å²) < 4.78 is 32.5. The van der Waals surface area contributed by atoms with Crippen LogP contribution in [0.1, 0.15) is 23.1 Å². The van der Waals surface area contributed by atoms with Crippen molar-refractivity contribution in [1.29, 1.82) is 0 Å². The number of rotatable bonds is 5. The van der Waals surface area contributed by atoms with Crippen molar-refractivity contribution in [1.82, 2.24) is 9.21 Å². The molecule has 144 valence electrons. The Bertz CT molecular complexity index is 963. The molecule has 0 atom stereocenters. The van der Waals surface area contributed by atoms with Crippen LogP contribution in [0.25, 0.3) is 5.57 Å². The lowest BCUT2D eigenvalue weighted by Crippen LogP contribution is -2.22. The lowest BCUT2D eigenvalue weighted by Gasteiger charge is -2.16. The van der Waals surface area contributed by atoms with Gasteiger partial charge in [-0.25, -0.2) is 12.7 Å². The Morgan fingerprint density at radius 3 is 2.48 bits per heavy atom. The van der Waals surface area contributed by atoms with Crippen LogP contribution in [0, 0.1) is 0 Å². The molecule has 0 aromatic heterocycles. The van der Waals surface area contributed by atoms with Crippen LogP contribution in [-0.2, 0) is 16.6 Å². The third kappa shape index (κ3) is 4.08. The summed E-state index contributed by atoms with van der Waals surface area (Å²) in [5.74, 6) is 0.708. The van der Waals surface area contributed by atoms with E-state index in [1.165, 1.54) is 4.31 Å². The molecule has 2 aromatic carbocycles. The fourth-order valence-corrected chi connectivity index (χ4v) is 4.04. The second-order valence-electron chi connectivity index (χ2n) is 7.10. The zero-order valence-electron chi connectivity index (χ0n) is 16.3. The lowest BCUT2D eigenvalue weighted by atomic mass is 9.93. The van der Waals surface area contributed by atoms with Gasteiger partial charge in [0.15, 0.2) is 0 Å². The monoisotopic (exact) mass is 386 g/mol. The number of benzene rings is 2. The molecule has 2 aromatic rings. The molecule has 3 rings (SSSR count). The fraction of sp³-hybridized carbons (Fsp3) is 0.333. The van der Waals surface area contributed by atoms with Crippen LogP contribution in [0.4, 0.5) is 0 Å². The van der Waals surface area contributed by atoms with Crippen molar-refractivity contribution in [3.05, 3.63) is 65.2 Å². The van der Waals surface area contributed by atoms with Gasteiger partial charge in [0.2, 0.25) is 10.0 Å². The van der Waals surface area contributed by atoms with Crippen LogP contribution in [-0.4, -0.2) is 52.4 Å². The number of fused-ring (bicyclic) bond motifs is 2. The smallest absolute Gasteiger partial charge is 0.242 e. The maximum atomic E-state index is 12.6. The van der Waals surface area contributed by atoms with E-state index in [1.54, 1.807) is 32.3 Å². The molecule has 1 aliphatic rings. The number of ether oxygens (including phenoxy) is 1. The molecule has 0 aliphatic carbocycles. The molecule has 0 N–H and O–H groups in total. The number of hydrogen-bond acceptors (Lipinski definition) is 4. The Kier molecular flexibility index (Phi) is 5.69. The molecule has 0 saturated carbocycles. The first-order valence-corrected chi connectivity index (χ1v) is 10.4. The third-order valence-electron chi connectivity index (χ3n) is 4.64. The van der Waals surface area contributed by atoms with E-state index in [0.717, 1.165) is 35.2 Å². The zero-order valence-corrected chi connectivity index (χ0v) is 17.1. The highest BCUT2D eigenvalue weighted by molar-refractivity contribution is 7.89. The standard InChI is InChI=1S/C21H26N2O3S/c1-22(2)13-7-10-19-18-9-6-5-8-16(18)15-26-21-12-11-17(14-20(19)21)27(24,25)23(3)4/h5-6,8-12,14H,7,13,15H2,1-4H3/b19-10-. The van der Waals surface area contributed by atoms with E-state index in [0.29, 0.717) is 12.4 Å². The van der Waals surface area contributed by atoms with Gasteiger partial charge in [0.25, 0.3) is 0 Å². The fourth-order valence-electron chi connectivity index (χ4n) is 3.11. The molecule has 0 fully saturated rings. The van der Waals surface area contributed by atoms with Crippen molar-refractivity contribution in [2.75, 3.05) is 34.7 Å². The summed E-state index contributed by atoms with van der Waals surface area (Å²) in [6, 6.07) is 13.2. The van der Waals surface area contributed by atoms with Gasteiger partial charge in [-0.3, -0.25) is 0 Å². The summed E-state index contributed by atoms with van der Waals surface area (Å²) in [5, 5.41) is 0. The molecular formula is C21H26N2O3S. The minimum absolute atomic E-state index is 0.271. The first-order valence-electron chi connectivity index (χ1n) is 8.93. The summed E-state index contributed by atoms with van der Waals surface area (Å²) in [6.07, 6.45) is 3.04. The van der Waals surface area contributed by atoms with Crippen molar-refractivity contribution in [3.63, 3.8) is 0 Å². The number of nitrogens with zero attached hydrogens (tertiary/aromatic N) is 2. The Balaban J connectivity index is 2.16. The normalized spacial score (nSPS) is 15.4. The predicted molar refractivity (Wildman–Crippen MR) is 108 cm³/mol. The average Bonchev–Trinajstić information content (AvgIpc) is 2.78. The maximum Gasteiger partial charge on any atom is 0.242 e. The molecule has 5 nitrogen and oxygen atoms in total. The first kappa shape index (κ1) is 19.6. The van der Waals surface area contributed by atoms with E-state index in [1.807, 2.05) is 26.2 Å². The second kappa shape index (κ2) is 7.84. The molecule has 1 heterocycles. The van der Waals surface area contributed by atoms with Gasteiger partial charge in [0.1, 0.15) is 12.4 Å². The molecule has 1 aliphatic heterocycles. The van der Waals surface area contributed by atoms with Crippen molar-refractivity contribution in [3.8, 4) is 5.75 Å². The Morgan fingerprint density at radius 1 is 1.04 bits per heavy atom. The van der Waals surface area contributed by atoms with Gasteiger partial charge in [-0.15, -0.1) is 0 Å². The minimum atomic E-state index is -3.51. The summed E-state index contributed by atoms with van der Waals surface area (Å²) in [4.78, 5) is 2.40. The summed E-state index contributed by atoms with van der Waals surface area (Å²) in [7, 11) is 3.65. The average molecular weight is 387 g/mol. The quantitative estimate of drug-likeness (QED) is 0.792. The van der Waals surface area contributed by atoms with E-state index < -0.39 is 10.0 Å². The van der Waals surface area contributed by atoms with Gasteiger partial charge in [-0.05, 0) is 55.4 Å².